The number of carbonyl (C=O) groups is 1. The number of rotatable bonds is 3. The van der Waals surface area contributed by atoms with Crippen molar-refractivity contribution in [1.29, 1.82) is 0 Å². The minimum absolute atomic E-state index is 0.113. The van der Waals surface area contributed by atoms with Crippen LogP contribution in [0.3, 0.4) is 0 Å². The van der Waals surface area contributed by atoms with Crippen molar-refractivity contribution in [1.82, 2.24) is 0 Å². The number of halogens is 2. The second-order valence-electron chi connectivity index (χ2n) is 5.46. The summed E-state index contributed by atoms with van der Waals surface area (Å²) in [6, 6.07) is 15.2. The van der Waals surface area contributed by atoms with Gasteiger partial charge < -0.3 is 5.32 Å². The van der Waals surface area contributed by atoms with Gasteiger partial charge in [-0.2, -0.15) is 0 Å². The van der Waals surface area contributed by atoms with Crippen LogP contribution in [0.2, 0.25) is 0 Å². The van der Waals surface area contributed by atoms with E-state index in [9.17, 15) is 4.79 Å². The average molecular weight is 320 g/mol. The first-order chi connectivity index (χ1) is 9.95. The monoisotopic (exact) mass is 319 g/mol. The van der Waals surface area contributed by atoms with Crippen molar-refractivity contribution in [3.63, 3.8) is 0 Å². The third kappa shape index (κ3) is 3.22. The zero-order valence-corrected chi connectivity index (χ0v) is 13.1. The third-order valence-electron chi connectivity index (χ3n) is 3.71. The Morgan fingerprint density at radius 2 is 1.67 bits per heavy atom. The minimum Gasteiger partial charge on any atom is -0.322 e. The van der Waals surface area contributed by atoms with E-state index in [-0.39, 0.29) is 11.8 Å². The van der Waals surface area contributed by atoms with Crippen molar-refractivity contribution in [3.05, 3.63) is 65.2 Å². The van der Waals surface area contributed by atoms with Crippen molar-refractivity contribution < 1.29 is 4.79 Å². The highest BCUT2D eigenvalue weighted by molar-refractivity contribution is 6.51. The lowest BCUT2D eigenvalue weighted by Gasteiger charge is -2.07. The third-order valence-corrected chi connectivity index (χ3v) is 4.55. The topological polar surface area (TPSA) is 29.1 Å². The van der Waals surface area contributed by atoms with Gasteiger partial charge in [0.25, 0.3) is 5.91 Å². The Labute approximate surface area is 134 Å². The molecule has 1 aliphatic rings. The first kappa shape index (κ1) is 14.4. The summed E-state index contributed by atoms with van der Waals surface area (Å²) in [6.45, 7) is 1.99. The number of nitrogens with one attached hydrogen (secondary N) is 1. The van der Waals surface area contributed by atoms with Gasteiger partial charge in [-0.05, 0) is 43.2 Å². The van der Waals surface area contributed by atoms with Crippen molar-refractivity contribution in [3.8, 4) is 0 Å². The van der Waals surface area contributed by atoms with E-state index < -0.39 is 4.33 Å². The lowest BCUT2D eigenvalue weighted by atomic mass is 10.1. The maximum absolute atomic E-state index is 12.1. The van der Waals surface area contributed by atoms with Crippen LogP contribution in [-0.2, 0) is 0 Å². The fourth-order valence-electron chi connectivity index (χ4n) is 2.28. The van der Waals surface area contributed by atoms with Crippen molar-refractivity contribution >= 4 is 34.8 Å². The Bertz CT molecular complexity index is 662. The lowest BCUT2D eigenvalue weighted by Crippen LogP contribution is -2.11. The largest absolute Gasteiger partial charge is 0.322 e. The first-order valence-electron chi connectivity index (χ1n) is 6.81. The van der Waals surface area contributed by atoms with Crippen molar-refractivity contribution in [2.75, 3.05) is 5.32 Å². The predicted molar refractivity (Wildman–Crippen MR) is 87.4 cm³/mol. The highest BCUT2D eigenvalue weighted by atomic mass is 35.5. The lowest BCUT2D eigenvalue weighted by molar-refractivity contribution is 0.102. The Hall–Kier alpha value is -1.51. The summed E-state index contributed by atoms with van der Waals surface area (Å²) in [7, 11) is 0. The molecule has 1 aliphatic carbocycles. The first-order valence-corrected chi connectivity index (χ1v) is 7.57. The van der Waals surface area contributed by atoms with Gasteiger partial charge in [0.2, 0.25) is 0 Å². The second kappa shape index (κ2) is 5.36. The van der Waals surface area contributed by atoms with Gasteiger partial charge in [0.05, 0.1) is 0 Å². The van der Waals surface area contributed by atoms with Crippen LogP contribution in [0.1, 0.15) is 33.8 Å². The van der Waals surface area contributed by atoms with Gasteiger partial charge in [0.15, 0.2) is 0 Å². The molecule has 0 bridgehead atoms. The van der Waals surface area contributed by atoms with Gasteiger partial charge in [-0.3, -0.25) is 4.79 Å². The standard InChI is InChI=1S/C17H15Cl2NO/c1-11-2-4-13(5-3-11)16(21)20-14-8-6-12(7-9-14)15-10-17(15,18)19/h2-9,15H,10H2,1H3,(H,20,21)/t15-/m0/s1. The fourth-order valence-corrected chi connectivity index (χ4v) is 2.84. The van der Waals surface area contributed by atoms with E-state index in [1.807, 2.05) is 55.5 Å². The Balaban J connectivity index is 1.68. The molecule has 0 saturated heterocycles. The number of carbonyl (C=O) groups excluding carboxylic acids is 1. The molecule has 1 amide bonds. The molecule has 2 aromatic carbocycles. The van der Waals surface area contributed by atoms with E-state index in [1.54, 1.807) is 0 Å². The highest BCUT2D eigenvalue weighted by Crippen LogP contribution is 2.59. The number of hydrogen-bond acceptors (Lipinski definition) is 1. The Morgan fingerprint density at radius 3 is 2.19 bits per heavy atom. The summed E-state index contributed by atoms with van der Waals surface area (Å²) in [6.07, 6.45) is 0.783. The zero-order chi connectivity index (χ0) is 15.0. The SMILES string of the molecule is Cc1ccc(C(=O)Nc2ccc([C@@H]3CC3(Cl)Cl)cc2)cc1. The molecule has 1 atom stereocenters. The Kier molecular flexibility index (Phi) is 3.68. The van der Waals surface area contributed by atoms with Crippen LogP contribution in [0.4, 0.5) is 5.69 Å². The molecule has 0 unspecified atom stereocenters. The van der Waals surface area contributed by atoms with Crippen LogP contribution in [0.15, 0.2) is 48.5 Å². The van der Waals surface area contributed by atoms with Gasteiger partial charge in [0, 0.05) is 17.2 Å². The maximum Gasteiger partial charge on any atom is 0.255 e. The predicted octanol–water partition coefficient (Wildman–Crippen LogP) is 4.91. The number of hydrogen-bond donors (Lipinski definition) is 1. The molecule has 108 valence electrons. The molecule has 21 heavy (non-hydrogen) atoms. The van der Waals surface area contributed by atoms with Gasteiger partial charge in [-0.1, -0.05) is 29.8 Å². The van der Waals surface area contributed by atoms with Crippen LogP contribution < -0.4 is 5.32 Å². The molecule has 0 radical (unpaired) electrons. The average Bonchev–Trinajstić information content (AvgIpc) is 3.09. The summed E-state index contributed by atoms with van der Waals surface area (Å²) in [5, 5.41) is 2.88. The number of aryl methyl sites for hydroxylation is 1. The quantitative estimate of drug-likeness (QED) is 0.800. The molecule has 0 aromatic heterocycles. The van der Waals surface area contributed by atoms with Gasteiger partial charge in [-0.15, -0.1) is 23.2 Å². The fraction of sp³-hybridized carbons (Fsp3) is 0.235. The van der Waals surface area contributed by atoms with Gasteiger partial charge >= 0.3 is 0 Å². The van der Waals surface area contributed by atoms with Crippen LogP contribution in [0.25, 0.3) is 0 Å². The molecule has 0 aliphatic heterocycles. The van der Waals surface area contributed by atoms with Crippen molar-refractivity contribution in [2.24, 2.45) is 0 Å². The highest BCUT2D eigenvalue weighted by Gasteiger charge is 2.52. The van der Waals surface area contributed by atoms with Crippen LogP contribution in [0, 0.1) is 6.92 Å². The molecule has 3 rings (SSSR count). The molecule has 1 fully saturated rings. The number of benzene rings is 2. The Morgan fingerprint density at radius 1 is 1.10 bits per heavy atom. The van der Waals surface area contributed by atoms with E-state index in [0.717, 1.165) is 23.2 Å². The number of anilines is 1. The molecule has 4 heteroatoms. The maximum atomic E-state index is 12.1. The smallest absolute Gasteiger partial charge is 0.255 e. The minimum atomic E-state index is -0.618. The van der Waals surface area contributed by atoms with E-state index >= 15 is 0 Å². The van der Waals surface area contributed by atoms with Gasteiger partial charge in [0.1, 0.15) is 4.33 Å². The molecule has 0 spiro atoms. The van der Waals surface area contributed by atoms with E-state index in [0.29, 0.717) is 5.56 Å². The van der Waals surface area contributed by atoms with Crippen LogP contribution in [0.5, 0.6) is 0 Å². The molecule has 1 saturated carbocycles. The molecule has 0 heterocycles. The summed E-state index contributed by atoms with van der Waals surface area (Å²) in [4.78, 5) is 12.1. The zero-order valence-electron chi connectivity index (χ0n) is 11.6. The number of alkyl halides is 2. The summed E-state index contributed by atoms with van der Waals surface area (Å²) >= 11 is 12.1. The molecular weight excluding hydrogens is 305 g/mol. The molecule has 1 N–H and O–H groups in total. The van der Waals surface area contributed by atoms with Crippen LogP contribution in [-0.4, -0.2) is 10.2 Å². The van der Waals surface area contributed by atoms with Gasteiger partial charge in [-0.25, -0.2) is 0 Å². The molecular formula is C17H15Cl2NO. The summed E-state index contributed by atoms with van der Waals surface area (Å²) in [5.74, 6) is 0.0842. The van der Waals surface area contributed by atoms with E-state index in [4.69, 9.17) is 23.2 Å². The molecule has 2 nitrogen and oxygen atoms in total. The second-order valence-corrected chi connectivity index (χ2v) is 7.00. The van der Waals surface area contributed by atoms with E-state index in [2.05, 4.69) is 5.32 Å². The van der Waals surface area contributed by atoms with Crippen molar-refractivity contribution in [2.45, 2.75) is 23.6 Å². The summed E-state index contributed by atoms with van der Waals surface area (Å²) < 4.78 is -0.618. The molecule has 2 aromatic rings. The van der Waals surface area contributed by atoms with E-state index in [1.165, 1.54) is 0 Å². The van der Waals surface area contributed by atoms with Crippen LogP contribution >= 0.6 is 23.2 Å². The number of amides is 1. The summed E-state index contributed by atoms with van der Waals surface area (Å²) in [5.41, 5.74) is 3.64. The normalized spacial score (nSPS) is 19.1.